The summed E-state index contributed by atoms with van der Waals surface area (Å²) in [6.45, 7) is 9.66. The minimum atomic E-state index is -1.31. The van der Waals surface area contributed by atoms with E-state index in [1.807, 2.05) is 28.9 Å². The number of halogens is 4. The molecule has 0 fully saturated rings. The molecule has 0 spiro atoms. The average Bonchev–Trinajstić information content (AvgIpc) is 3.99. The monoisotopic (exact) mass is 1010 g/mol. The van der Waals surface area contributed by atoms with Gasteiger partial charge < -0.3 is 57.4 Å². The third-order valence-electron chi connectivity index (χ3n) is 9.94. The van der Waals surface area contributed by atoms with Gasteiger partial charge >= 0.3 is 5.97 Å². The number of fused-ring (bicyclic) bond motifs is 1. The summed E-state index contributed by atoms with van der Waals surface area (Å²) in [5.74, 6) is -4.25. The molecule has 3 heterocycles. The van der Waals surface area contributed by atoms with E-state index in [1.54, 1.807) is 24.2 Å². The summed E-state index contributed by atoms with van der Waals surface area (Å²) in [5, 5.41) is 17.0. The van der Waals surface area contributed by atoms with E-state index < -0.39 is 29.2 Å². The van der Waals surface area contributed by atoms with Gasteiger partial charge in [0.2, 0.25) is 11.0 Å². The van der Waals surface area contributed by atoms with Gasteiger partial charge in [-0.1, -0.05) is 24.3 Å². The molecule has 20 nitrogen and oxygen atoms in total. The first-order chi connectivity index (χ1) is 34.2. The lowest BCUT2D eigenvalue weighted by molar-refractivity contribution is -0.136. The van der Waals surface area contributed by atoms with Crippen molar-refractivity contribution in [1.82, 2.24) is 34.7 Å². The highest BCUT2D eigenvalue weighted by molar-refractivity contribution is 6.28. The van der Waals surface area contributed by atoms with Gasteiger partial charge in [-0.3, -0.25) is 4.79 Å². The molecule has 1 N–H and O–H groups in total. The van der Waals surface area contributed by atoms with Gasteiger partial charge in [0.1, 0.15) is 29.7 Å². The van der Waals surface area contributed by atoms with Crippen LogP contribution in [0.4, 0.5) is 19.0 Å². The van der Waals surface area contributed by atoms with Crippen LogP contribution in [0.3, 0.4) is 0 Å². The molecule has 0 aliphatic rings. The summed E-state index contributed by atoms with van der Waals surface area (Å²) in [5.41, 5.74) is 2.37. The maximum atomic E-state index is 13.6. The number of carbonyl (C=O) groups excluding carboxylic acids is 1. The largest absolute Gasteiger partial charge is 0.491 e. The number of aromatic nitrogens is 7. The van der Waals surface area contributed by atoms with Crippen molar-refractivity contribution in [3.8, 4) is 11.5 Å². The van der Waals surface area contributed by atoms with Gasteiger partial charge in [0, 0.05) is 32.3 Å². The highest BCUT2D eigenvalue weighted by atomic mass is 35.5. The molecule has 24 heteroatoms. The van der Waals surface area contributed by atoms with Crippen LogP contribution >= 0.6 is 11.6 Å². The van der Waals surface area contributed by atoms with Gasteiger partial charge in [-0.05, 0) is 42.1 Å². The Bertz CT molecular complexity index is 2240. The Hall–Kier alpha value is -5.08. The van der Waals surface area contributed by atoms with Crippen molar-refractivity contribution < 1.29 is 70.1 Å². The fraction of sp³-hybridized carbons (Fsp3) is 0.565. The third kappa shape index (κ3) is 21.1. The fourth-order valence-corrected chi connectivity index (χ4v) is 6.51. The van der Waals surface area contributed by atoms with Crippen LogP contribution in [0.15, 0.2) is 48.8 Å². The molecule has 5 aromatic rings. The first-order valence-electron chi connectivity index (χ1n) is 23.0. The van der Waals surface area contributed by atoms with E-state index in [1.165, 1.54) is 0 Å². The zero-order chi connectivity index (χ0) is 49.6. The summed E-state index contributed by atoms with van der Waals surface area (Å²) >= 11 is 6.28. The molecule has 1 atom stereocenters. The predicted octanol–water partition coefficient (Wildman–Crippen LogP) is 5.62. The molecule has 0 amide bonds. The number of nitrogens with zero attached hydrogens (tertiary/aromatic N) is 7. The van der Waals surface area contributed by atoms with Crippen molar-refractivity contribution in [3.05, 3.63) is 82.8 Å². The molecule has 2 aromatic carbocycles. The van der Waals surface area contributed by atoms with Gasteiger partial charge in [-0.15, -0.1) is 5.10 Å². The van der Waals surface area contributed by atoms with E-state index >= 15 is 0 Å². The lowest BCUT2D eigenvalue weighted by Crippen LogP contribution is -2.15. The molecule has 0 radical (unpaired) electrons. The average molecular weight is 1010 g/mol. The minimum Gasteiger partial charge on any atom is -0.491 e. The number of ether oxygens (including phenoxy) is 11. The lowest BCUT2D eigenvalue weighted by Gasteiger charge is -2.13. The van der Waals surface area contributed by atoms with Crippen molar-refractivity contribution in [1.29, 1.82) is 0 Å². The van der Waals surface area contributed by atoms with Gasteiger partial charge in [0.15, 0.2) is 17.3 Å². The number of methoxy groups -OCH3 is 1. The molecule has 0 saturated carbocycles. The Morgan fingerprint density at radius 2 is 1.37 bits per heavy atom. The van der Waals surface area contributed by atoms with Crippen LogP contribution in [-0.2, 0) is 73.7 Å². The Morgan fingerprint density at radius 1 is 0.757 bits per heavy atom. The Kier molecular flexibility index (Phi) is 26.1. The molecule has 5 rings (SSSR count). The first-order valence-corrected chi connectivity index (χ1v) is 23.3. The summed E-state index contributed by atoms with van der Waals surface area (Å²) < 4.78 is 104. The fourth-order valence-electron chi connectivity index (χ4n) is 6.35. The van der Waals surface area contributed by atoms with Crippen molar-refractivity contribution in [2.24, 2.45) is 0 Å². The highest BCUT2D eigenvalue weighted by Crippen LogP contribution is 2.25. The molecule has 0 aliphatic carbocycles. The van der Waals surface area contributed by atoms with Gasteiger partial charge in [-0.2, -0.15) is 15.1 Å². The van der Waals surface area contributed by atoms with Crippen LogP contribution in [0.2, 0.25) is 5.28 Å². The van der Waals surface area contributed by atoms with E-state index in [0.29, 0.717) is 141 Å². The number of esters is 1. The number of anilines is 1. The number of nitrogens with one attached hydrogen (secondary N) is 1. The minimum absolute atomic E-state index is 0.0471. The quantitative estimate of drug-likeness (QED) is 0.0219. The zero-order valence-corrected chi connectivity index (χ0v) is 40.3. The molecule has 1 unspecified atom stereocenters. The van der Waals surface area contributed by atoms with Crippen LogP contribution in [0.25, 0.3) is 11.0 Å². The molecule has 0 saturated heterocycles. The van der Waals surface area contributed by atoms with Crippen LogP contribution < -0.4 is 14.8 Å². The number of carbonyl (C=O) groups is 1. The van der Waals surface area contributed by atoms with Crippen molar-refractivity contribution in [3.63, 3.8) is 0 Å². The standard InChI is InChI=1S/C46H62ClF3N8O12/c1-3-37(60-2)7-9-58-45-39(31-52-58)44(53-46(47)54-45)51-30-34-5-4-6-38(27-34)69-26-25-67-22-21-65-19-20-66-23-24-68-33-36-32-57(56-55-36)10-12-62-14-16-64-18-17-63-15-13-61-11-8-42(59)70-43-40(49)28-35(48)29-41(43)50/h4-6,27-29,31-32,37H,3,7-26,30,33H2,1-2H3,(H,51,53,54). The Labute approximate surface area is 409 Å². The molecule has 386 valence electrons. The van der Waals surface area contributed by atoms with Gasteiger partial charge in [0.05, 0.1) is 143 Å². The second-order valence-corrected chi connectivity index (χ2v) is 15.4. The summed E-state index contributed by atoms with van der Waals surface area (Å²) in [4.78, 5) is 20.6. The lowest BCUT2D eigenvalue weighted by atomic mass is 10.2. The normalized spacial score (nSPS) is 12.0. The molecular formula is C46H62ClF3N8O12. The molecule has 0 aliphatic heterocycles. The van der Waals surface area contributed by atoms with Crippen LogP contribution in [0.5, 0.6) is 11.5 Å². The maximum Gasteiger partial charge on any atom is 0.313 e. The van der Waals surface area contributed by atoms with Crippen LogP contribution in [0.1, 0.15) is 37.4 Å². The molecular weight excluding hydrogens is 949 g/mol. The van der Waals surface area contributed by atoms with Gasteiger partial charge in [-0.25, -0.2) is 22.5 Å². The second-order valence-electron chi connectivity index (χ2n) is 15.1. The molecule has 3 aromatic heterocycles. The smallest absolute Gasteiger partial charge is 0.313 e. The van der Waals surface area contributed by atoms with Crippen molar-refractivity contribution >= 4 is 34.4 Å². The Balaban J connectivity index is 0.766. The van der Waals surface area contributed by atoms with Crippen LogP contribution in [0, 0.1) is 17.5 Å². The summed E-state index contributed by atoms with van der Waals surface area (Å²) in [6.07, 6.45) is 5.18. The topological polar surface area (TPSA) is 205 Å². The van der Waals surface area contributed by atoms with Crippen molar-refractivity contribution in [2.75, 3.05) is 118 Å². The third-order valence-corrected chi connectivity index (χ3v) is 10.1. The van der Waals surface area contributed by atoms with E-state index in [2.05, 4.69) is 42.4 Å². The number of hydrogen-bond acceptors (Lipinski definition) is 18. The Morgan fingerprint density at radius 3 is 2.01 bits per heavy atom. The zero-order valence-electron chi connectivity index (χ0n) is 39.5. The molecule has 70 heavy (non-hydrogen) atoms. The van der Waals surface area contributed by atoms with Crippen LogP contribution in [-0.4, -0.2) is 160 Å². The van der Waals surface area contributed by atoms with E-state index in [-0.39, 0.29) is 37.6 Å². The van der Waals surface area contributed by atoms with E-state index in [9.17, 15) is 18.0 Å². The number of rotatable bonds is 39. The van der Waals surface area contributed by atoms with Gasteiger partial charge in [0.25, 0.3) is 0 Å². The first kappa shape index (κ1) is 55.8. The van der Waals surface area contributed by atoms with Crippen molar-refractivity contribution in [2.45, 2.75) is 58.5 Å². The number of hydrogen-bond donors (Lipinski definition) is 1. The SMILES string of the molecule is CCC(CCn1ncc2c(NCc3cccc(OCCOCCOCCOCCOCc4cn(CCOCCOCCOCCOCCC(=O)Oc5c(F)cc(F)cc5F)nn4)c3)nc(Cl)nc21)OC. The second kappa shape index (κ2) is 32.7. The van der Waals surface area contributed by atoms with E-state index in [0.717, 1.165) is 29.5 Å². The summed E-state index contributed by atoms with van der Waals surface area (Å²) in [7, 11) is 1.72. The maximum absolute atomic E-state index is 13.6. The molecule has 0 bridgehead atoms. The predicted molar refractivity (Wildman–Crippen MR) is 247 cm³/mol. The summed E-state index contributed by atoms with van der Waals surface area (Å²) in [6, 6.07) is 8.65. The highest BCUT2D eigenvalue weighted by Gasteiger charge is 2.17. The number of aryl methyl sites for hydroxylation is 1. The van der Waals surface area contributed by atoms with E-state index in [4.69, 9.17) is 59.0 Å². The number of benzene rings is 2.